The lowest BCUT2D eigenvalue weighted by molar-refractivity contribution is 0.279. The molecule has 0 spiro atoms. The molecule has 62 valence electrons. The second-order valence-corrected chi connectivity index (χ2v) is 3.99. The highest BCUT2D eigenvalue weighted by Crippen LogP contribution is 2.56. The number of hydrogen-bond donors (Lipinski definition) is 0. The van der Waals surface area contributed by atoms with Crippen LogP contribution < -0.4 is 4.74 Å². The Hall–Kier alpha value is -0.690. The van der Waals surface area contributed by atoms with Crippen molar-refractivity contribution in [1.82, 2.24) is 0 Å². The van der Waals surface area contributed by atoms with Crippen LogP contribution in [0.3, 0.4) is 0 Å². The van der Waals surface area contributed by atoms with E-state index in [0.29, 0.717) is 17.2 Å². The van der Waals surface area contributed by atoms with Gasteiger partial charge in [-0.25, -0.2) is 0 Å². The molecule has 1 aliphatic heterocycles. The van der Waals surface area contributed by atoms with E-state index in [1.807, 2.05) is 18.2 Å². The first-order valence-corrected chi connectivity index (χ1v) is 4.67. The van der Waals surface area contributed by atoms with Crippen molar-refractivity contribution in [2.45, 2.75) is 11.3 Å². The number of benzene rings is 1. The van der Waals surface area contributed by atoms with Crippen LogP contribution in [0.4, 0.5) is 0 Å². The number of fused-ring (bicyclic) bond motifs is 3. The zero-order valence-corrected chi connectivity index (χ0v) is 7.29. The van der Waals surface area contributed by atoms with Gasteiger partial charge in [0.2, 0.25) is 0 Å². The molecule has 0 bridgehead atoms. The second kappa shape index (κ2) is 2.17. The molecule has 1 nitrogen and oxygen atoms in total. The maximum absolute atomic E-state index is 6.11. The Morgan fingerprint density at radius 3 is 3.08 bits per heavy atom. The van der Waals surface area contributed by atoms with E-state index in [-0.39, 0.29) is 0 Å². The van der Waals surface area contributed by atoms with Crippen molar-refractivity contribution in [3.8, 4) is 5.75 Å². The Kier molecular flexibility index (Phi) is 1.23. The van der Waals surface area contributed by atoms with Gasteiger partial charge in [0.15, 0.2) is 0 Å². The number of ether oxygens (including phenoxy) is 1. The normalized spacial score (nSPS) is 36.2. The van der Waals surface area contributed by atoms with Gasteiger partial charge in [-0.3, -0.25) is 0 Å². The summed E-state index contributed by atoms with van der Waals surface area (Å²) in [6.45, 7) is 0.801. The first kappa shape index (κ1) is 6.79. The zero-order valence-electron chi connectivity index (χ0n) is 6.53. The topological polar surface area (TPSA) is 9.23 Å². The predicted molar refractivity (Wildman–Crippen MR) is 47.8 cm³/mol. The van der Waals surface area contributed by atoms with E-state index in [4.69, 9.17) is 16.3 Å². The molecule has 3 atom stereocenters. The van der Waals surface area contributed by atoms with Gasteiger partial charge in [-0.1, -0.05) is 18.2 Å². The largest absolute Gasteiger partial charge is 0.493 e. The third kappa shape index (κ3) is 0.748. The molecule has 1 fully saturated rings. The molecule has 0 amide bonds. The van der Waals surface area contributed by atoms with Crippen LogP contribution in [0.15, 0.2) is 24.3 Å². The minimum absolute atomic E-state index is 0.314. The second-order valence-electron chi connectivity index (χ2n) is 3.48. The van der Waals surface area contributed by atoms with Gasteiger partial charge in [-0.05, 0) is 11.6 Å². The fraction of sp³-hybridized carbons (Fsp3) is 0.400. The molecule has 1 aromatic rings. The van der Waals surface area contributed by atoms with Crippen LogP contribution in [-0.4, -0.2) is 12.0 Å². The van der Waals surface area contributed by atoms with Crippen molar-refractivity contribution in [3.05, 3.63) is 29.8 Å². The monoisotopic (exact) mass is 180 g/mol. The van der Waals surface area contributed by atoms with Gasteiger partial charge in [0.1, 0.15) is 5.75 Å². The Morgan fingerprint density at radius 1 is 1.33 bits per heavy atom. The van der Waals surface area contributed by atoms with Crippen LogP contribution in [0.5, 0.6) is 5.75 Å². The number of rotatable bonds is 0. The quantitative estimate of drug-likeness (QED) is 0.558. The van der Waals surface area contributed by atoms with Gasteiger partial charge >= 0.3 is 0 Å². The molecule has 1 aromatic carbocycles. The Bertz CT molecular complexity index is 323. The molecule has 12 heavy (non-hydrogen) atoms. The van der Waals surface area contributed by atoms with E-state index in [9.17, 15) is 0 Å². The average molecular weight is 181 g/mol. The zero-order chi connectivity index (χ0) is 8.13. The van der Waals surface area contributed by atoms with E-state index < -0.39 is 0 Å². The Labute approximate surface area is 76.3 Å². The van der Waals surface area contributed by atoms with Crippen LogP contribution in [0.1, 0.15) is 11.5 Å². The summed E-state index contributed by atoms with van der Waals surface area (Å²) in [6.07, 6.45) is 0. The van der Waals surface area contributed by atoms with Crippen molar-refractivity contribution in [3.63, 3.8) is 0 Å². The van der Waals surface area contributed by atoms with Crippen molar-refractivity contribution in [2.24, 2.45) is 5.92 Å². The molecule has 0 N–H and O–H groups in total. The first-order valence-electron chi connectivity index (χ1n) is 4.24. The van der Waals surface area contributed by atoms with E-state index in [1.54, 1.807) is 0 Å². The molecular formula is C10H9ClO. The standard InChI is InChI=1S/C10H9ClO/c11-10-7-5-12-8-4-2-1-3-6(8)9(7)10/h1-4,7,9-10H,5H2. The van der Waals surface area contributed by atoms with E-state index in [2.05, 4.69) is 6.07 Å². The lowest BCUT2D eigenvalue weighted by atomic mass is 10.1. The maximum atomic E-state index is 6.11. The number of alkyl halides is 1. The van der Waals surface area contributed by atoms with Crippen LogP contribution in [0.2, 0.25) is 0 Å². The summed E-state index contributed by atoms with van der Waals surface area (Å²) in [5.74, 6) is 2.17. The summed E-state index contributed by atoms with van der Waals surface area (Å²) in [5, 5.41) is 0.314. The molecular weight excluding hydrogens is 172 g/mol. The lowest BCUT2D eigenvalue weighted by Crippen LogP contribution is -2.07. The van der Waals surface area contributed by atoms with E-state index in [1.165, 1.54) is 5.56 Å². The smallest absolute Gasteiger partial charge is 0.122 e. The third-order valence-electron chi connectivity index (χ3n) is 2.78. The fourth-order valence-corrected chi connectivity index (χ4v) is 2.47. The van der Waals surface area contributed by atoms with E-state index >= 15 is 0 Å². The molecule has 2 aliphatic rings. The SMILES string of the molecule is ClC1C2COc3ccccc3C12. The minimum Gasteiger partial charge on any atom is -0.493 e. The van der Waals surface area contributed by atoms with Gasteiger partial charge < -0.3 is 4.74 Å². The van der Waals surface area contributed by atoms with Crippen molar-refractivity contribution < 1.29 is 4.74 Å². The van der Waals surface area contributed by atoms with Gasteiger partial charge in [0, 0.05) is 17.2 Å². The highest BCUT2D eigenvalue weighted by atomic mass is 35.5. The van der Waals surface area contributed by atoms with Crippen molar-refractivity contribution in [1.29, 1.82) is 0 Å². The van der Waals surface area contributed by atoms with Crippen molar-refractivity contribution >= 4 is 11.6 Å². The highest BCUT2D eigenvalue weighted by Gasteiger charge is 2.53. The maximum Gasteiger partial charge on any atom is 0.122 e. The van der Waals surface area contributed by atoms with Gasteiger partial charge in [-0.15, -0.1) is 11.6 Å². The molecule has 1 saturated carbocycles. The summed E-state index contributed by atoms with van der Waals surface area (Å²) >= 11 is 6.11. The Balaban J connectivity index is 2.10. The van der Waals surface area contributed by atoms with Gasteiger partial charge in [-0.2, -0.15) is 0 Å². The lowest BCUT2D eigenvalue weighted by Gasteiger charge is -2.14. The molecule has 1 heterocycles. The molecule has 3 rings (SSSR count). The highest BCUT2D eigenvalue weighted by molar-refractivity contribution is 6.23. The van der Waals surface area contributed by atoms with Crippen LogP contribution >= 0.6 is 11.6 Å². The molecule has 1 aliphatic carbocycles. The molecule has 0 aromatic heterocycles. The van der Waals surface area contributed by atoms with Crippen LogP contribution in [0.25, 0.3) is 0 Å². The fourth-order valence-electron chi connectivity index (χ4n) is 2.00. The molecule has 3 unspecified atom stereocenters. The number of para-hydroxylation sites is 1. The summed E-state index contributed by atoms with van der Waals surface area (Å²) in [6, 6.07) is 8.19. The summed E-state index contributed by atoms with van der Waals surface area (Å²) in [4.78, 5) is 0. The third-order valence-corrected chi connectivity index (χ3v) is 3.38. The number of halogens is 1. The predicted octanol–water partition coefficient (Wildman–Crippen LogP) is 2.40. The Morgan fingerprint density at radius 2 is 2.17 bits per heavy atom. The van der Waals surface area contributed by atoms with Gasteiger partial charge in [0.25, 0.3) is 0 Å². The molecule has 0 saturated heterocycles. The number of hydrogen-bond acceptors (Lipinski definition) is 1. The van der Waals surface area contributed by atoms with Crippen LogP contribution in [-0.2, 0) is 0 Å². The summed E-state index contributed by atoms with van der Waals surface area (Å²) in [7, 11) is 0. The molecule has 2 heteroatoms. The van der Waals surface area contributed by atoms with Crippen LogP contribution in [0, 0.1) is 5.92 Å². The summed E-state index contributed by atoms with van der Waals surface area (Å²) in [5.41, 5.74) is 1.30. The first-order chi connectivity index (χ1) is 5.88. The minimum atomic E-state index is 0.314. The van der Waals surface area contributed by atoms with E-state index in [0.717, 1.165) is 12.4 Å². The van der Waals surface area contributed by atoms with Gasteiger partial charge in [0.05, 0.1) is 6.61 Å². The average Bonchev–Trinajstić information content (AvgIpc) is 2.78. The van der Waals surface area contributed by atoms with Crippen molar-refractivity contribution in [2.75, 3.05) is 6.61 Å². The summed E-state index contributed by atoms with van der Waals surface area (Å²) < 4.78 is 5.56. The molecule has 0 radical (unpaired) electrons.